The SMILES string of the molecule is COc1cc2c(cc1OC)[C@](O)(C(=O)NN)N(Cc1ccccc1)C2=O. The van der Waals surface area contributed by atoms with Crippen molar-refractivity contribution in [2.24, 2.45) is 5.84 Å². The fourth-order valence-electron chi connectivity index (χ4n) is 3.08. The Kier molecular flexibility index (Phi) is 4.54. The molecule has 0 unspecified atom stereocenters. The number of aliphatic hydroxyl groups is 1. The molecule has 0 fully saturated rings. The number of hydrazine groups is 1. The Hall–Kier alpha value is -3.10. The highest BCUT2D eigenvalue weighted by Gasteiger charge is 2.54. The molecule has 2 aromatic rings. The highest BCUT2D eigenvalue weighted by molar-refractivity contribution is 6.06. The fraction of sp³-hybridized carbons (Fsp3) is 0.222. The third-order valence-corrected chi connectivity index (χ3v) is 4.40. The van der Waals surface area contributed by atoms with Crippen LogP contribution in [0.3, 0.4) is 0 Å². The van der Waals surface area contributed by atoms with Crippen molar-refractivity contribution in [2.45, 2.75) is 12.3 Å². The summed E-state index contributed by atoms with van der Waals surface area (Å²) in [6.07, 6.45) is 0. The zero-order valence-electron chi connectivity index (χ0n) is 14.4. The second kappa shape index (κ2) is 6.66. The lowest BCUT2D eigenvalue weighted by Crippen LogP contribution is -2.55. The molecule has 8 heteroatoms. The summed E-state index contributed by atoms with van der Waals surface area (Å²) in [4.78, 5) is 26.5. The van der Waals surface area contributed by atoms with Crippen LogP contribution in [-0.4, -0.2) is 36.0 Å². The van der Waals surface area contributed by atoms with Crippen molar-refractivity contribution in [3.63, 3.8) is 0 Å². The average Bonchev–Trinajstić information content (AvgIpc) is 2.89. The number of nitrogens with one attached hydrogen (secondary N) is 1. The Morgan fingerprint density at radius 1 is 1.19 bits per heavy atom. The molecule has 26 heavy (non-hydrogen) atoms. The van der Waals surface area contributed by atoms with E-state index in [1.54, 1.807) is 24.3 Å². The van der Waals surface area contributed by atoms with Gasteiger partial charge in [0, 0.05) is 12.1 Å². The molecule has 0 spiro atoms. The van der Waals surface area contributed by atoms with E-state index in [4.69, 9.17) is 15.3 Å². The van der Waals surface area contributed by atoms with E-state index in [2.05, 4.69) is 0 Å². The lowest BCUT2D eigenvalue weighted by atomic mass is 9.99. The molecule has 0 saturated carbocycles. The van der Waals surface area contributed by atoms with Gasteiger partial charge >= 0.3 is 0 Å². The summed E-state index contributed by atoms with van der Waals surface area (Å²) in [5.74, 6) is 4.43. The third kappa shape index (κ3) is 2.56. The van der Waals surface area contributed by atoms with Crippen LogP contribution in [-0.2, 0) is 17.1 Å². The molecular formula is C18H19N3O5. The van der Waals surface area contributed by atoms with Crippen molar-refractivity contribution in [1.82, 2.24) is 10.3 Å². The standard InChI is InChI=1S/C18H19N3O5/c1-25-14-8-12-13(9-15(14)26-2)18(24,17(23)20-19)21(16(12)22)10-11-6-4-3-5-7-11/h3-9,24H,10,19H2,1-2H3,(H,20,23)/t18-/m0/s1. The molecule has 1 aliphatic heterocycles. The number of hydrogen-bond donors (Lipinski definition) is 3. The number of carbonyl (C=O) groups excluding carboxylic acids is 2. The summed E-state index contributed by atoms with van der Waals surface area (Å²) in [7, 11) is 2.86. The van der Waals surface area contributed by atoms with E-state index in [0.717, 1.165) is 10.5 Å². The van der Waals surface area contributed by atoms with E-state index in [0.29, 0.717) is 5.75 Å². The molecule has 1 heterocycles. The van der Waals surface area contributed by atoms with Gasteiger partial charge in [-0.3, -0.25) is 19.9 Å². The Morgan fingerprint density at radius 2 is 1.81 bits per heavy atom. The van der Waals surface area contributed by atoms with Gasteiger partial charge < -0.3 is 14.6 Å². The zero-order valence-corrected chi connectivity index (χ0v) is 14.4. The van der Waals surface area contributed by atoms with Crippen LogP contribution in [0.4, 0.5) is 0 Å². The van der Waals surface area contributed by atoms with E-state index in [-0.39, 0.29) is 23.4 Å². The Morgan fingerprint density at radius 3 is 2.38 bits per heavy atom. The number of methoxy groups -OCH3 is 2. The number of hydrogen-bond acceptors (Lipinski definition) is 6. The first-order chi connectivity index (χ1) is 12.5. The molecule has 0 bridgehead atoms. The Balaban J connectivity index is 2.16. The van der Waals surface area contributed by atoms with E-state index in [1.165, 1.54) is 26.4 Å². The Bertz CT molecular complexity index is 855. The number of amides is 2. The second-order valence-corrected chi connectivity index (χ2v) is 5.78. The zero-order chi connectivity index (χ0) is 18.9. The smallest absolute Gasteiger partial charge is 0.292 e. The van der Waals surface area contributed by atoms with E-state index in [1.807, 2.05) is 11.5 Å². The summed E-state index contributed by atoms with van der Waals surface area (Å²) in [5.41, 5.74) is 0.640. The summed E-state index contributed by atoms with van der Waals surface area (Å²) in [6.45, 7) is 0.0168. The van der Waals surface area contributed by atoms with E-state index >= 15 is 0 Å². The van der Waals surface area contributed by atoms with Crippen molar-refractivity contribution < 1.29 is 24.2 Å². The maximum Gasteiger partial charge on any atom is 0.292 e. The van der Waals surface area contributed by atoms with Gasteiger partial charge in [0.2, 0.25) is 0 Å². The maximum absolute atomic E-state index is 13.0. The summed E-state index contributed by atoms with van der Waals surface area (Å²) in [6, 6.07) is 11.9. The summed E-state index contributed by atoms with van der Waals surface area (Å²) in [5, 5.41) is 11.2. The topological polar surface area (TPSA) is 114 Å². The Labute approximate surface area is 150 Å². The van der Waals surface area contributed by atoms with Crippen molar-refractivity contribution in [1.29, 1.82) is 0 Å². The number of fused-ring (bicyclic) bond motifs is 1. The van der Waals surface area contributed by atoms with Gasteiger partial charge in [0.15, 0.2) is 11.5 Å². The molecule has 136 valence electrons. The van der Waals surface area contributed by atoms with Crippen LogP contribution in [0, 0.1) is 0 Å². The highest BCUT2D eigenvalue weighted by Crippen LogP contribution is 2.43. The van der Waals surface area contributed by atoms with Crippen LogP contribution in [0.25, 0.3) is 0 Å². The first-order valence-electron chi connectivity index (χ1n) is 7.83. The summed E-state index contributed by atoms with van der Waals surface area (Å²) < 4.78 is 10.4. The van der Waals surface area contributed by atoms with Gasteiger partial charge in [-0.25, -0.2) is 5.84 Å². The van der Waals surface area contributed by atoms with Crippen LogP contribution in [0.2, 0.25) is 0 Å². The molecule has 0 aliphatic carbocycles. The van der Waals surface area contributed by atoms with Crippen LogP contribution < -0.4 is 20.7 Å². The predicted octanol–water partition coefficient (Wildman–Crippen LogP) is 0.495. The predicted molar refractivity (Wildman–Crippen MR) is 92.1 cm³/mol. The minimum absolute atomic E-state index is 0.0168. The van der Waals surface area contributed by atoms with Gasteiger partial charge in [0.05, 0.1) is 19.8 Å². The monoisotopic (exact) mass is 357 g/mol. The van der Waals surface area contributed by atoms with Gasteiger partial charge in [-0.05, 0) is 17.7 Å². The van der Waals surface area contributed by atoms with Crippen LogP contribution in [0.5, 0.6) is 11.5 Å². The number of rotatable bonds is 5. The van der Waals surface area contributed by atoms with Gasteiger partial charge in [0.1, 0.15) is 0 Å². The molecule has 8 nitrogen and oxygen atoms in total. The highest BCUT2D eigenvalue weighted by atomic mass is 16.5. The number of ether oxygens (including phenoxy) is 2. The first-order valence-corrected chi connectivity index (χ1v) is 7.83. The minimum Gasteiger partial charge on any atom is -0.493 e. The van der Waals surface area contributed by atoms with E-state index in [9.17, 15) is 14.7 Å². The number of benzene rings is 2. The molecule has 2 amide bonds. The van der Waals surface area contributed by atoms with Crippen molar-refractivity contribution in [2.75, 3.05) is 14.2 Å². The average molecular weight is 357 g/mol. The van der Waals surface area contributed by atoms with Crippen molar-refractivity contribution in [3.8, 4) is 11.5 Å². The van der Waals surface area contributed by atoms with Crippen LogP contribution in [0.15, 0.2) is 42.5 Å². The van der Waals surface area contributed by atoms with Crippen molar-refractivity contribution >= 4 is 11.8 Å². The molecule has 2 aromatic carbocycles. The molecule has 0 aromatic heterocycles. The molecule has 0 radical (unpaired) electrons. The number of nitrogens with two attached hydrogens (primary N) is 1. The van der Waals surface area contributed by atoms with Gasteiger partial charge in [-0.1, -0.05) is 30.3 Å². The van der Waals surface area contributed by atoms with Gasteiger partial charge in [-0.2, -0.15) is 0 Å². The maximum atomic E-state index is 13.0. The third-order valence-electron chi connectivity index (χ3n) is 4.40. The van der Waals surface area contributed by atoms with Crippen LogP contribution >= 0.6 is 0 Å². The lowest BCUT2D eigenvalue weighted by molar-refractivity contribution is -0.159. The van der Waals surface area contributed by atoms with Gasteiger partial charge in [-0.15, -0.1) is 0 Å². The second-order valence-electron chi connectivity index (χ2n) is 5.78. The molecular weight excluding hydrogens is 338 g/mol. The fourth-order valence-corrected chi connectivity index (χ4v) is 3.08. The molecule has 1 aliphatic rings. The van der Waals surface area contributed by atoms with Crippen LogP contribution in [0.1, 0.15) is 21.5 Å². The number of nitrogens with zero attached hydrogens (tertiary/aromatic N) is 1. The minimum atomic E-state index is -2.27. The van der Waals surface area contributed by atoms with Gasteiger partial charge in [0.25, 0.3) is 17.5 Å². The quantitative estimate of drug-likeness (QED) is 0.408. The normalized spacial score (nSPS) is 18.5. The molecule has 1 atom stereocenters. The van der Waals surface area contributed by atoms with E-state index < -0.39 is 17.5 Å². The lowest BCUT2D eigenvalue weighted by Gasteiger charge is -2.32. The first kappa shape index (κ1) is 17.7. The molecule has 3 rings (SSSR count). The van der Waals surface area contributed by atoms with Crippen molar-refractivity contribution in [3.05, 3.63) is 59.2 Å². The number of carbonyl (C=O) groups is 2. The molecule has 0 saturated heterocycles. The largest absolute Gasteiger partial charge is 0.493 e. The molecule has 4 N–H and O–H groups in total. The summed E-state index contributed by atoms with van der Waals surface area (Å²) >= 11 is 0.